The van der Waals surface area contributed by atoms with Crippen LogP contribution >= 0.6 is 11.6 Å². The topological polar surface area (TPSA) is 84.5 Å². The van der Waals surface area contributed by atoms with E-state index in [-0.39, 0.29) is 30.0 Å². The van der Waals surface area contributed by atoms with E-state index >= 15 is 0 Å². The van der Waals surface area contributed by atoms with E-state index in [0.717, 1.165) is 24.3 Å². The van der Waals surface area contributed by atoms with E-state index in [4.69, 9.17) is 16.3 Å². The number of ether oxygens (including phenoxy) is 1. The van der Waals surface area contributed by atoms with E-state index in [2.05, 4.69) is 10.6 Å². The van der Waals surface area contributed by atoms with Gasteiger partial charge in [-0.05, 0) is 48.9 Å². The number of rotatable bonds is 8. The number of hydrogen-bond donors (Lipinski definition) is 2. The molecule has 0 bridgehead atoms. The Labute approximate surface area is 179 Å². The Bertz CT molecular complexity index is 949. The number of amides is 2. The van der Waals surface area contributed by atoms with E-state index in [9.17, 15) is 31.9 Å². The van der Waals surface area contributed by atoms with Crippen molar-refractivity contribution >= 4 is 40.8 Å². The van der Waals surface area contributed by atoms with Crippen molar-refractivity contribution < 1.29 is 36.7 Å². The van der Waals surface area contributed by atoms with Crippen molar-refractivity contribution in [2.75, 3.05) is 17.2 Å². The summed E-state index contributed by atoms with van der Waals surface area (Å²) in [6.07, 6.45) is -4.91. The molecule has 0 saturated heterocycles. The van der Waals surface area contributed by atoms with Gasteiger partial charge in [0.05, 0.1) is 16.3 Å². The number of alkyl halides is 3. The zero-order chi connectivity index (χ0) is 23.0. The largest absolute Gasteiger partial charge is 0.456 e. The molecule has 0 aliphatic carbocycles. The van der Waals surface area contributed by atoms with Gasteiger partial charge in [-0.3, -0.25) is 14.4 Å². The number of anilines is 2. The second-order valence-corrected chi connectivity index (χ2v) is 6.72. The van der Waals surface area contributed by atoms with Crippen LogP contribution in [0.2, 0.25) is 5.02 Å². The maximum Gasteiger partial charge on any atom is 0.416 e. The molecule has 2 N–H and O–H groups in total. The lowest BCUT2D eigenvalue weighted by Crippen LogP contribution is -2.21. The van der Waals surface area contributed by atoms with Crippen LogP contribution < -0.4 is 10.6 Å². The number of halogens is 5. The fourth-order valence-electron chi connectivity index (χ4n) is 2.35. The molecule has 166 valence electrons. The van der Waals surface area contributed by atoms with Crippen LogP contribution in [0, 0.1) is 5.82 Å². The van der Waals surface area contributed by atoms with E-state index < -0.39 is 41.9 Å². The van der Waals surface area contributed by atoms with Gasteiger partial charge in [0.1, 0.15) is 5.82 Å². The summed E-state index contributed by atoms with van der Waals surface area (Å²) in [5.74, 6) is -2.47. The van der Waals surface area contributed by atoms with Crippen molar-refractivity contribution in [3.8, 4) is 0 Å². The van der Waals surface area contributed by atoms with Crippen molar-refractivity contribution in [3.63, 3.8) is 0 Å². The molecule has 0 radical (unpaired) electrons. The molecule has 6 nitrogen and oxygen atoms in total. The maximum atomic E-state index is 12.8. The van der Waals surface area contributed by atoms with Crippen LogP contribution in [0.3, 0.4) is 0 Å². The average Bonchev–Trinajstić information content (AvgIpc) is 2.69. The van der Waals surface area contributed by atoms with Gasteiger partial charge >= 0.3 is 12.1 Å². The van der Waals surface area contributed by atoms with Gasteiger partial charge in [0.15, 0.2) is 6.61 Å². The lowest BCUT2D eigenvalue weighted by molar-refractivity contribution is -0.147. The number of nitrogens with one attached hydrogen (secondary N) is 2. The maximum absolute atomic E-state index is 12.8. The summed E-state index contributed by atoms with van der Waals surface area (Å²) in [5, 5.41) is 4.61. The SMILES string of the molecule is O=C(COC(=O)CCCC(=O)Nc1cc(C(F)(F)F)ccc1Cl)Nc1ccc(F)cc1. The first-order valence-corrected chi connectivity index (χ1v) is 9.30. The molecule has 2 aromatic rings. The number of carbonyl (C=O) groups excluding carboxylic acids is 3. The van der Waals surface area contributed by atoms with Crippen molar-refractivity contribution in [2.24, 2.45) is 0 Å². The average molecular weight is 461 g/mol. The molecule has 0 aliphatic rings. The number of carbonyl (C=O) groups is 3. The summed E-state index contributed by atoms with van der Waals surface area (Å²) in [4.78, 5) is 35.2. The molecule has 11 heteroatoms. The molecule has 31 heavy (non-hydrogen) atoms. The van der Waals surface area contributed by atoms with E-state index in [1.165, 1.54) is 12.1 Å². The van der Waals surface area contributed by atoms with Gasteiger partial charge in [0.25, 0.3) is 5.91 Å². The summed E-state index contributed by atoms with van der Waals surface area (Å²) < 4.78 is 55.8. The molecule has 0 spiro atoms. The Morgan fingerprint density at radius 3 is 2.26 bits per heavy atom. The van der Waals surface area contributed by atoms with Crippen molar-refractivity contribution in [1.29, 1.82) is 0 Å². The molecule has 0 aliphatic heterocycles. The fraction of sp³-hybridized carbons (Fsp3) is 0.250. The monoisotopic (exact) mass is 460 g/mol. The first-order valence-electron chi connectivity index (χ1n) is 8.92. The minimum absolute atomic E-state index is 0.0425. The third-order valence-electron chi connectivity index (χ3n) is 3.84. The minimum atomic E-state index is -4.59. The normalized spacial score (nSPS) is 11.0. The smallest absolute Gasteiger partial charge is 0.416 e. The van der Waals surface area contributed by atoms with Crippen LogP contribution in [0.25, 0.3) is 0 Å². The van der Waals surface area contributed by atoms with Gasteiger partial charge in [-0.15, -0.1) is 0 Å². The van der Waals surface area contributed by atoms with E-state index in [1.807, 2.05) is 0 Å². The highest BCUT2D eigenvalue weighted by atomic mass is 35.5. The van der Waals surface area contributed by atoms with Crippen LogP contribution in [0.4, 0.5) is 28.9 Å². The summed E-state index contributed by atoms with van der Waals surface area (Å²) in [5.41, 5.74) is -0.830. The van der Waals surface area contributed by atoms with Gasteiger partial charge in [0.2, 0.25) is 5.91 Å². The molecule has 0 atom stereocenters. The summed E-state index contributed by atoms with van der Waals surface area (Å²) in [6.45, 7) is -0.567. The minimum Gasteiger partial charge on any atom is -0.456 e. The molecule has 0 saturated carbocycles. The highest BCUT2D eigenvalue weighted by molar-refractivity contribution is 6.33. The fourth-order valence-corrected chi connectivity index (χ4v) is 2.52. The van der Waals surface area contributed by atoms with Crippen molar-refractivity contribution in [1.82, 2.24) is 0 Å². The van der Waals surface area contributed by atoms with Crippen LogP contribution in [0.5, 0.6) is 0 Å². The molecule has 2 amide bonds. The highest BCUT2D eigenvalue weighted by Gasteiger charge is 2.31. The predicted molar refractivity (Wildman–Crippen MR) is 105 cm³/mol. The van der Waals surface area contributed by atoms with Crippen LogP contribution in [0.15, 0.2) is 42.5 Å². The lowest BCUT2D eigenvalue weighted by atomic mass is 10.2. The molecule has 0 heterocycles. The first kappa shape index (κ1) is 24.1. The van der Waals surface area contributed by atoms with E-state index in [0.29, 0.717) is 11.8 Å². The molecule has 0 fully saturated rings. The van der Waals surface area contributed by atoms with Crippen molar-refractivity contribution in [2.45, 2.75) is 25.4 Å². The summed E-state index contributed by atoms with van der Waals surface area (Å²) >= 11 is 5.80. The molecule has 0 unspecified atom stereocenters. The van der Waals surface area contributed by atoms with Gasteiger partial charge < -0.3 is 15.4 Å². The zero-order valence-corrected chi connectivity index (χ0v) is 16.6. The predicted octanol–water partition coefficient (Wildman–Crippen LogP) is 4.79. The molecular formula is C20H17ClF4N2O4. The number of benzene rings is 2. The summed E-state index contributed by atoms with van der Waals surface area (Å²) in [6, 6.07) is 7.51. The summed E-state index contributed by atoms with van der Waals surface area (Å²) in [7, 11) is 0. The number of hydrogen-bond acceptors (Lipinski definition) is 4. The van der Waals surface area contributed by atoms with Gasteiger partial charge in [-0.2, -0.15) is 13.2 Å². The van der Waals surface area contributed by atoms with Gasteiger partial charge in [-0.25, -0.2) is 4.39 Å². The second-order valence-electron chi connectivity index (χ2n) is 6.31. The van der Waals surface area contributed by atoms with Gasteiger partial charge in [0, 0.05) is 18.5 Å². The quantitative estimate of drug-likeness (QED) is 0.438. The Hall–Kier alpha value is -3.14. The Kier molecular flexibility index (Phi) is 8.38. The zero-order valence-electron chi connectivity index (χ0n) is 15.9. The van der Waals surface area contributed by atoms with Crippen LogP contribution in [0.1, 0.15) is 24.8 Å². The highest BCUT2D eigenvalue weighted by Crippen LogP contribution is 2.33. The molecular weight excluding hydrogens is 444 g/mol. The van der Waals surface area contributed by atoms with Gasteiger partial charge in [-0.1, -0.05) is 11.6 Å². The Balaban J connectivity index is 1.71. The van der Waals surface area contributed by atoms with Crippen LogP contribution in [-0.4, -0.2) is 24.4 Å². The van der Waals surface area contributed by atoms with Crippen LogP contribution in [-0.2, 0) is 25.3 Å². The first-order chi connectivity index (χ1) is 14.5. The third-order valence-corrected chi connectivity index (χ3v) is 4.17. The molecule has 0 aromatic heterocycles. The third kappa shape index (κ3) is 8.25. The van der Waals surface area contributed by atoms with Crippen molar-refractivity contribution in [3.05, 3.63) is 58.9 Å². The van der Waals surface area contributed by atoms with E-state index in [1.54, 1.807) is 0 Å². The molecule has 2 aromatic carbocycles. The lowest BCUT2D eigenvalue weighted by Gasteiger charge is -2.11. The standard InChI is InChI=1S/C20H17ClF4N2O4/c21-15-9-4-12(20(23,24)25)10-16(15)27-17(28)2-1-3-19(30)31-11-18(29)26-14-7-5-13(22)6-8-14/h4-10H,1-3,11H2,(H,26,29)(H,27,28). The Morgan fingerprint density at radius 2 is 1.61 bits per heavy atom. The Morgan fingerprint density at radius 1 is 0.935 bits per heavy atom. The molecule has 2 rings (SSSR count). The number of esters is 1. The second kappa shape index (κ2) is 10.8.